The maximum absolute atomic E-state index is 12.6. The lowest BCUT2D eigenvalue weighted by Crippen LogP contribution is -2.37. The van der Waals surface area contributed by atoms with Gasteiger partial charge in [-0.3, -0.25) is 9.69 Å². The maximum atomic E-state index is 12.6. The molecule has 1 aliphatic heterocycles. The van der Waals surface area contributed by atoms with Crippen LogP contribution < -0.4 is 11.3 Å². The summed E-state index contributed by atoms with van der Waals surface area (Å²) >= 11 is 0. The van der Waals surface area contributed by atoms with Crippen LogP contribution in [0.4, 0.5) is 0 Å². The minimum atomic E-state index is 0.126. The van der Waals surface area contributed by atoms with E-state index >= 15 is 0 Å². The molecule has 0 aromatic carbocycles. The van der Waals surface area contributed by atoms with Gasteiger partial charge in [-0.05, 0) is 36.9 Å². The Hall–Kier alpha value is -1.13. The van der Waals surface area contributed by atoms with Crippen molar-refractivity contribution in [1.29, 1.82) is 0 Å². The largest absolute Gasteiger partial charge is 0.326 e. The zero-order valence-corrected chi connectivity index (χ0v) is 13.7. The number of pyridine rings is 1. The first-order valence-corrected chi connectivity index (χ1v) is 8.23. The molecule has 0 atom stereocenters. The highest BCUT2D eigenvalue weighted by molar-refractivity contribution is 5.29. The second-order valence-electron chi connectivity index (χ2n) is 6.51. The molecule has 1 aliphatic rings. The predicted molar refractivity (Wildman–Crippen MR) is 87.3 cm³/mol. The van der Waals surface area contributed by atoms with Gasteiger partial charge in [0, 0.05) is 43.9 Å². The van der Waals surface area contributed by atoms with E-state index in [1.54, 1.807) is 0 Å². The molecule has 2 heterocycles. The first kappa shape index (κ1) is 16.2. The van der Waals surface area contributed by atoms with Gasteiger partial charge in [-0.2, -0.15) is 0 Å². The van der Waals surface area contributed by atoms with Gasteiger partial charge in [0.15, 0.2) is 0 Å². The van der Waals surface area contributed by atoms with Crippen molar-refractivity contribution in [3.63, 3.8) is 0 Å². The van der Waals surface area contributed by atoms with Gasteiger partial charge in [0.2, 0.25) is 0 Å². The average molecular weight is 291 g/mol. The molecule has 0 aliphatic carbocycles. The van der Waals surface area contributed by atoms with Crippen molar-refractivity contribution < 1.29 is 0 Å². The number of nitrogens with zero attached hydrogens (tertiary/aromatic N) is 2. The summed E-state index contributed by atoms with van der Waals surface area (Å²) in [6.07, 6.45) is 3.19. The highest BCUT2D eigenvalue weighted by atomic mass is 16.1. The van der Waals surface area contributed by atoms with E-state index < -0.39 is 0 Å². The molecule has 2 N–H and O–H groups in total. The van der Waals surface area contributed by atoms with Crippen molar-refractivity contribution in [3.05, 3.63) is 33.2 Å². The molecule has 0 unspecified atom stereocenters. The van der Waals surface area contributed by atoms with Crippen LogP contribution in [0.5, 0.6) is 0 Å². The normalized spacial score (nSPS) is 15.5. The third-order valence-corrected chi connectivity index (χ3v) is 4.31. The lowest BCUT2D eigenvalue weighted by molar-refractivity contribution is 0.248. The molecule has 0 saturated heterocycles. The fourth-order valence-electron chi connectivity index (χ4n) is 3.12. The quantitative estimate of drug-likeness (QED) is 0.873. The Morgan fingerprint density at radius 2 is 2.10 bits per heavy atom. The molecular weight excluding hydrogens is 262 g/mol. The number of rotatable bonds is 6. The van der Waals surface area contributed by atoms with Crippen molar-refractivity contribution >= 4 is 0 Å². The molecule has 0 radical (unpaired) electrons. The SMILES string of the molecule is CCCN1CCc2c(cc(CN)c(=O)n2CCC(C)C)C1. The van der Waals surface area contributed by atoms with E-state index in [1.165, 1.54) is 17.7 Å². The zero-order valence-electron chi connectivity index (χ0n) is 13.7. The second kappa shape index (κ2) is 7.23. The fraction of sp³-hybridized carbons (Fsp3) is 0.706. The van der Waals surface area contributed by atoms with Gasteiger partial charge in [-0.1, -0.05) is 20.8 Å². The van der Waals surface area contributed by atoms with Crippen LogP contribution in [0.1, 0.15) is 50.4 Å². The molecule has 4 heteroatoms. The van der Waals surface area contributed by atoms with Crippen LogP contribution in [-0.2, 0) is 26.1 Å². The standard InChI is InChI=1S/C17H29N3O/c1-4-7-19-8-6-16-15(12-19)10-14(11-18)17(21)20(16)9-5-13(2)3/h10,13H,4-9,11-12,18H2,1-3H3. The molecule has 0 spiro atoms. The summed E-state index contributed by atoms with van der Waals surface area (Å²) in [5, 5.41) is 0. The topological polar surface area (TPSA) is 51.3 Å². The minimum Gasteiger partial charge on any atom is -0.326 e. The number of hydrogen-bond acceptors (Lipinski definition) is 3. The van der Waals surface area contributed by atoms with E-state index in [1.807, 2.05) is 10.6 Å². The molecule has 0 saturated carbocycles. The lowest BCUT2D eigenvalue weighted by Gasteiger charge is -2.31. The Labute approximate surface area is 127 Å². The van der Waals surface area contributed by atoms with E-state index in [0.29, 0.717) is 12.5 Å². The van der Waals surface area contributed by atoms with E-state index in [-0.39, 0.29) is 5.56 Å². The molecule has 0 amide bonds. The van der Waals surface area contributed by atoms with Crippen molar-refractivity contribution in [2.24, 2.45) is 11.7 Å². The summed E-state index contributed by atoms with van der Waals surface area (Å²) in [6.45, 7) is 10.9. The molecule has 2 rings (SSSR count). The number of fused-ring (bicyclic) bond motifs is 1. The molecule has 1 aromatic rings. The van der Waals surface area contributed by atoms with Crippen molar-refractivity contribution in [3.8, 4) is 0 Å². The molecule has 1 aromatic heterocycles. The van der Waals surface area contributed by atoms with Gasteiger partial charge in [0.25, 0.3) is 5.56 Å². The van der Waals surface area contributed by atoms with Crippen LogP contribution >= 0.6 is 0 Å². The lowest BCUT2D eigenvalue weighted by atomic mass is 10.0. The minimum absolute atomic E-state index is 0.126. The molecular formula is C17H29N3O. The van der Waals surface area contributed by atoms with Crippen molar-refractivity contribution in [2.75, 3.05) is 13.1 Å². The summed E-state index contributed by atoms with van der Waals surface area (Å²) < 4.78 is 2.00. The average Bonchev–Trinajstić information content (AvgIpc) is 2.46. The van der Waals surface area contributed by atoms with Crippen LogP contribution in [0.3, 0.4) is 0 Å². The molecule has 21 heavy (non-hydrogen) atoms. The molecule has 118 valence electrons. The van der Waals surface area contributed by atoms with E-state index in [2.05, 4.69) is 25.7 Å². The maximum Gasteiger partial charge on any atom is 0.255 e. The summed E-state index contributed by atoms with van der Waals surface area (Å²) in [6, 6.07) is 2.05. The predicted octanol–water partition coefficient (Wildman–Crippen LogP) is 2.12. The summed E-state index contributed by atoms with van der Waals surface area (Å²) in [5.74, 6) is 0.606. The Morgan fingerprint density at radius 3 is 2.71 bits per heavy atom. The molecule has 0 bridgehead atoms. The van der Waals surface area contributed by atoms with Gasteiger partial charge in [-0.25, -0.2) is 0 Å². The number of nitrogens with two attached hydrogens (primary N) is 1. The third kappa shape index (κ3) is 3.74. The van der Waals surface area contributed by atoms with Gasteiger partial charge in [0.1, 0.15) is 0 Å². The Bertz CT molecular complexity index is 534. The van der Waals surface area contributed by atoms with Crippen LogP contribution in [0, 0.1) is 5.92 Å². The summed E-state index contributed by atoms with van der Waals surface area (Å²) in [7, 11) is 0. The van der Waals surface area contributed by atoms with Crippen molar-refractivity contribution in [1.82, 2.24) is 9.47 Å². The Morgan fingerprint density at radius 1 is 1.33 bits per heavy atom. The van der Waals surface area contributed by atoms with Crippen LogP contribution in [0.2, 0.25) is 0 Å². The summed E-state index contributed by atoms with van der Waals surface area (Å²) in [4.78, 5) is 15.0. The molecule has 4 nitrogen and oxygen atoms in total. The second-order valence-corrected chi connectivity index (χ2v) is 6.51. The molecule has 0 fully saturated rings. The first-order chi connectivity index (χ1) is 10.1. The Kier molecular flexibility index (Phi) is 5.59. The van der Waals surface area contributed by atoms with Gasteiger partial charge >= 0.3 is 0 Å². The van der Waals surface area contributed by atoms with Gasteiger partial charge in [-0.15, -0.1) is 0 Å². The van der Waals surface area contributed by atoms with E-state index in [4.69, 9.17) is 5.73 Å². The zero-order chi connectivity index (χ0) is 15.4. The third-order valence-electron chi connectivity index (χ3n) is 4.31. The fourth-order valence-corrected chi connectivity index (χ4v) is 3.12. The Balaban J connectivity index is 2.35. The highest BCUT2D eigenvalue weighted by Crippen LogP contribution is 2.20. The van der Waals surface area contributed by atoms with E-state index in [9.17, 15) is 4.79 Å². The summed E-state index contributed by atoms with van der Waals surface area (Å²) in [5.41, 5.74) is 9.21. The van der Waals surface area contributed by atoms with Gasteiger partial charge < -0.3 is 10.3 Å². The monoisotopic (exact) mass is 291 g/mol. The number of aromatic nitrogens is 1. The van der Waals surface area contributed by atoms with Gasteiger partial charge in [0.05, 0.1) is 0 Å². The van der Waals surface area contributed by atoms with Crippen LogP contribution in [0.25, 0.3) is 0 Å². The first-order valence-electron chi connectivity index (χ1n) is 8.23. The van der Waals surface area contributed by atoms with Crippen LogP contribution in [0.15, 0.2) is 10.9 Å². The smallest absolute Gasteiger partial charge is 0.255 e. The van der Waals surface area contributed by atoms with Crippen LogP contribution in [-0.4, -0.2) is 22.6 Å². The van der Waals surface area contributed by atoms with Crippen molar-refractivity contribution in [2.45, 2.75) is 59.7 Å². The highest BCUT2D eigenvalue weighted by Gasteiger charge is 2.21. The number of hydrogen-bond donors (Lipinski definition) is 1. The van der Waals surface area contributed by atoms with E-state index in [0.717, 1.165) is 44.6 Å².